The minimum Gasteiger partial charge on any atom is -0.312 e. The lowest BCUT2D eigenvalue weighted by atomic mass is 10.0. The summed E-state index contributed by atoms with van der Waals surface area (Å²) >= 11 is 0. The highest BCUT2D eigenvalue weighted by molar-refractivity contribution is 5.25. The first-order valence-corrected chi connectivity index (χ1v) is 7.74. The van der Waals surface area contributed by atoms with E-state index in [1.165, 1.54) is 43.4 Å². The van der Waals surface area contributed by atoms with Crippen molar-refractivity contribution in [3.63, 3.8) is 0 Å². The van der Waals surface area contributed by atoms with Crippen molar-refractivity contribution < 1.29 is 0 Å². The summed E-state index contributed by atoms with van der Waals surface area (Å²) in [7, 11) is 2.07. The van der Waals surface area contributed by atoms with E-state index in [1.54, 1.807) is 0 Å². The number of likely N-dealkylation sites (N-methyl/N-ethyl adjacent to an activating group) is 1. The molecule has 0 saturated carbocycles. The maximum atomic E-state index is 3.48. The highest BCUT2D eigenvalue weighted by atomic mass is 15.2. The normalized spacial score (nSPS) is 21.7. The Labute approximate surface area is 118 Å². The maximum Gasteiger partial charge on any atom is 0.0446 e. The average Bonchev–Trinajstić information content (AvgIpc) is 2.83. The molecule has 0 bridgehead atoms. The van der Waals surface area contributed by atoms with Crippen LogP contribution in [0.2, 0.25) is 0 Å². The summed E-state index contributed by atoms with van der Waals surface area (Å²) in [4.78, 5) is 2.61. The summed E-state index contributed by atoms with van der Waals surface area (Å²) < 4.78 is 0. The van der Waals surface area contributed by atoms with Crippen LogP contribution in [0.15, 0.2) is 24.3 Å². The van der Waals surface area contributed by atoms with Gasteiger partial charge in [0.2, 0.25) is 0 Å². The first-order valence-electron chi connectivity index (χ1n) is 7.74. The van der Waals surface area contributed by atoms with E-state index < -0.39 is 0 Å². The van der Waals surface area contributed by atoms with Crippen molar-refractivity contribution in [1.29, 1.82) is 0 Å². The molecule has 1 fully saturated rings. The Kier molecular flexibility index (Phi) is 5.41. The summed E-state index contributed by atoms with van der Waals surface area (Å²) in [6, 6.07) is 10.4. The van der Waals surface area contributed by atoms with E-state index >= 15 is 0 Å². The Balaban J connectivity index is 2.00. The highest BCUT2D eigenvalue weighted by Crippen LogP contribution is 2.22. The standard InChI is InChI=1S/C17H28N2/c1-4-6-15-8-10-16(11-9-15)17(18-3)13-19-12-5-7-14(19)2/h8-11,14,17-18H,4-7,12-13H2,1-3H3. The Morgan fingerprint density at radius 2 is 2.05 bits per heavy atom. The molecular formula is C17H28N2. The van der Waals surface area contributed by atoms with Gasteiger partial charge < -0.3 is 5.32 Å². The number of nitrogens with one attached hydrogen (secondary N) is 1. The number of nitrogens with zero attached hydrogens (tertiary/aromatic N) is 1. The van der Waals surface area contributed by atoms with Gasteiger partial charge in [0.15, 0.2) is 0 Å². The molecule has 2 unspecified atom stereocenters. The Morgan fingerprint density at radius 1 is 1.32 bits per heavy atom. The van der Waals surface area contributed by atoms with Crippen molar-refractivity contribution in [2.75, 3.05) is 20.1 Å². The van der Waals surface area contributed by atoms with E-state index in [2.05, 4.69) is 55.4 Å². The number of aryl methyl sites for hydroxylation is 1. The van der Waals surface area contributed by atoms with Gasteiger partial charge in [-0.05, 0) is 50.9 Å². The van der Waals surface area contributed by atoms with Crippen molar-refractivity contribution in [2.45, 2.75) is 51.6 Å². The third kappa shape index (κ3) is 3.80. The van der Waals surface area contributed by atoms with Crippen molar-refractivity contribution in [3.05, 3.63) is 35.4 Å². The lowest BCUT2D eigenvalue weighted by molar-refractivity contribution is 0.241. The smallest absolute Gasteiger partial charge is 0.0446 e. The third-order valence-corrected chi connectivity index (χ3v) is 4.38. The van der Waals surface area contributed by atoms with E-state index in [-0.39, 0.29) is 0 Å². The van der Waals surface area contributed by atoms with Crippen molar-refractivity contribution in [1.82, 2.24) is 10.2 Å². The summed E-state index contributed by atoms with van der Waals surface area (Å²) in [5.41, 5.74) is 2.87. The van der Waals surface area contributed by atoms with Crippen LogP contribution in [0.1, 0.15) is 50.3 Å². The molecule has 106 valence electrons. The van der Waals surface area contributed by atoms with Gasteiger partial charge in [-0.3, -0.25) is 4.90 Å². The molecule has 0 spiro atoms. The van der Waals surface area contributed by atoms with E-state index in [0.29, 0.717) is 6.04 Å². The lowest BCUT2D eigenvalue weighted by Crippen LogP contribution is -2.35. The zero-order valence-corrected chi connectivity index (χ0v) is 12.7. The minimum absolute atomic E-state index is 0.455. The average molecular weight is 260 g/mol. The van der Waals surface area contributed by atoms with E-state index in [4.69, 9.17) is 0 Å². The lowest BCUT2D eigenvalue weighted by Gasteiger charge is -2.27. The van der Waals surface area contributed by atoms with Gasteiger partial charge >= 0.3 is 0 Å². The number of hydrogen-bond donors (Lipinski definition) is 1. The third-order valence-electron chi connectivity index (χ3n) is 4.38. The van der Waals surface area contributed by atoms with Crippen LogP contribution in [0, 0.1) is 0 Å². The van der Waals surface area contributed by atoms with E-state index in [0.717, 1.165) is 12.6 Å². The molecule has 1 N–H and O–H groups in total. The van der Waals surface area contributed by atoms with Crippen LogP contribution >= 0.6 is 0 Å². The molecule has 1 aliphatic rings. The molecule has 1 saturated heterocycles. The molecule has 2 nitrogen and oxygen atoms in total. The minimum atomic E-state index is 0.455. The fourth-order valence-electron chi connectivity index (χ4n) is 3.07. The molecule has 0 radical (unpaired) electrons. The van der Waals surface area contributed by atoms with Crippen molar-refractivity contribution in [3.8, 4) is 0 Å². The predicted molar refractivity (Wildman–Crippen MR) is 82.5 cm³/mol. The molecule has 1 heterocycles. The molecule has 0 aromatic heterocycles. The molecule has 1 aromatic rings. The second-order valence-corrected chi connectivity index (χ2v) is 5.82. The fraction of sp³-hybridized carbons (Fsp3) is 0.647. The molecule has 1 aromatic carbocycles. The van der Waals surface area contributed by atoms with Gasteiger partial charge in [-0.1, -0.05) is 37.6 Å². The van der Waals surface area contributed by atoms with E-state index in [1.807, 2.05) is 0 Å². The molecular weight excluding hydrogens is 232 g/mol. The molecule has 2 rings (SSSR count). The maximum absolute atomic E-state index is 3.48. The van der Waals surface area contributed by atoms with Crippen LogP contribution in [0.5, 0.6) is 0 Å². The van der Waals surface area contributed by atoms with Gasteiger partial charge in [0.05, 0.1) is 0 Å². The number of hydrogen-bond acceptors (Lipinski definition) is 2. The van der Waals surface area contributed by atoms with Gasteiger partial charge in [0, 0.05) is 18.6 Å². The summed E-state index contributed by atoms with van der Waals surface area (Å²) in [6.45, 7) is 6.97. The predicted octanol–water partition coefficient (Wildman–Crippen LogP) is 3.38. The van der Waals surface area contributed by atoms with Crippen LogP contribution in [-0.2, 0) is 6.42 Å². The van der Waals surface area contributed by atoms with E-state index in [9.17, 15) is 0 Å². The Morgan fingerprint density at radius 3 is 2.58 bits per heavy atom. The zero-order chi connectivity index (χ0) is 13.7. The van der Waals surface area contributed by atoms with Crippen LogP contribution in [0.4, 0.5) is 0 Å². The van der Waals surface area contributed by atoms with Crippen LogP contribution in [0.3, 0.4) is 0 Å². The Hall–Kier alpha value is -0.860. The van der Waals surface area contributed by atoms with Gasteiger partial charge in [0.1, 0.15) is 0 Å². The topological polar surface area (TPSA) is 15.3 Å². The zero-order valence-electron chi connectivity index (χ0n) is 12.7. The first-order chi connectivity index (χ1) is 9.24. The molecule has 2 atom stereocenters. The first kappa shape index (κ1) is 14.5. The van der Waals surface area contributed by atoms with Crippen molar-refractivity contribution in [2.24, 2.45) is 0 Å². The molecule has 0 amide bonds. The van der Waals surface area contributed by atoms with Gasteiger partial charge in [-0.15, -0.1) is 0 Å². The van der Waals surface area contributed by atoms with Crippen LogP contribution in [-0.4, -0.2) is 31.1 Å². The summed E-state index contributed by atoms with van der Waals surface area (Å²) in [5.74, 6) is 0. The fourth-order valence-corrected chi connectivity index (χ4v) is 3.07. The van der Waals surface area contributed by atoms with Crippen LogP contribution in [0.25, 0.3) is 0 Å². The molecule has 0 aliphatic carbocycles. The number of rotatable bonds is 6. The number of likely N-dealkylation sites (tertiary alicyclic amines) is 1. The molecule has 1 aliphatic heterocycles. The largest absolute Gasteiger partial charge is 0.312 e. The SMILES string of the molecule is CCCc1ccc(C(CN2CCCC2C)NC)cc1. The van der Waals surface area contributed by atoms with Gasteiger partial charge in [-0.25, -0.2) is 0 Å². The Bertz CT molecular complexity index is 371. The molecule has 2 heteroatoms. The molecule has 19 heavy (non-hydrogen) atoms. The quantitative estimate of drug-likeness (QED) is 0.843. The second kappa shape index (κ2) is 7.06. The van der Waals surface area contributed by atoms with Crippen molar-refractivity contribution >= 4 is 0 Å². The summed E-state index contributed by atoms with van der Waals surface area (Å²) in [6.07, 6.45) is 5.12. The van der Waals surface area contributed by atoms with Gasteiger partial charge in [0.25, 0.3) is 0 Å². The monoisotopic (exact) mass is 260 g/mol. The number of benzene rings is 1. The highest BCUT2D eigenvalue weighted by Gasteiger charge is 2.23. The summed E-state index contributed by atoms with van der Waals surface area (Å²) in [5, 5.41) is 3.48. The van der Waals surface area contributed by atoms with Gasteiger partial charge in [-0.2, -0.15) is 0 Å². The second-order valence-electron chi connectivity index (χ2n) is 5.82. The van der Waals surface area contributed by atoms with Crippen LogP contribution < -0.4 is 5.32 Å².